The zero-order chi connectivity index (χ0) is 11.3. The highest BCUT2D eigenvalue weighted by Crippen LogP contribution is 2.11. The van der Waals surface area contributed by atoms with Crippen LogP contribution >= 0.6 is 11.6 Å². The van der Waals surface area contributed by atoms with Gasteiger partial charge in [-0.3, -0.25) is 10.1 Å². The van der Waals surface area contributed by atoms with Gasteiger partial charge in [-0.25, -0.2) is 4.79 Å². The molecule has 15 heavy (non-hydrogen) atoms. The lowest BCUT2D eigenvalue weighted by atomic mass is 10.3. The number of carbonyl (C=O) groups excluding carboxylic acids is 2. The Hall–Kier alpha value is -0.810. The van der Waals surface area contributed by atoms with E-state index in [0.717, 1.165) is 6.42 Å². The topological polar surface area (TPSA) is 58.6 Å². The van der Waals surface area contributed by atoms with Crippen LogP contribution in [-0.2, 0) is 9.53 Å². The Morgan fingerprint density at radius 1 is 1.60 bits per heavy atom. The molecule has 5 nitrogen and oxygen atoms in total. The first kappa shape index (κ1) is 12.3. The molecule has 1 aliphatic rings. The summed E-state index contributed by atoms with van der Waals surface area (Å²) < 4.78 is 5.12. The van der Waals surface area contributed by atoms with Gasteiger partial charge in [-0.2, -0.15) is 0 Å². The fourth-order valence-corrected chi connectivity index (χ4v) is 1.62. The fraction of sp³-hybridized carbons (Fsp3) is 0.778. The van der Waals surface area contributed by atoms with Crippen LogP contribution in [0.15, 0.2) is 0 Å². The molecule has 1 unspecified atom stereocenters. The van der Waals surface area contributed by atoms with Crippen LogP contribution < -0.4 is 5.32 Å². The number of imide groups is 1. The fourth-order valence-electron chi connectivity index (χ4n) is 1.45. The van der Waals surface area contributed by atoms with Crippen molar-refractivity contribution in [1.29, 1.82) is 0 Å². The third-order valence-electron chi connectivity index (χ3n) is 2.33. The van der Waals surface area contributed by atoms with Gasteiger partial charge in [-0.05, 0) is 6.42 Å². The van der Waals surface area contributed by atoms with Gasteiger partial charge >= 0.3 is 6.03 Å². The van der Waals surface area contributed by atoms with Gasteiger partial charge < -0.3 is 9.64 Å². The molecule has 1 aliphatic heterocycles. The van der Waals surface area contributed by atoms with Gasteiger partial charge in [0.05, 0.1) is 6.10 Å². The summed E-state index contributed by atoms with van der Waals surface area (Å²) in [6.45, 7) is 1.16. The maximum absolute atomic E-state index is 11.5. The van der Waals surface area contributed by atoms with E-state index in [9.17, 15) is 9.59 Å². The van der Waals surface area contributed by atoms with Gasteiger partial charge in [0, 0.05) is 32.5 Å². The van der Waals surface area contributed by atoms with E-state index in [0.29, 0.717) is 13.1 Å². The predicted molar refractivity (Wildman–Crippen MR) is 55.9 cm³/mol. The summed E-state index contributed by atoms with van der Waals surface area (Å²) in [7, 11) is 1.62. The molecule has 0 radical (unpaired) electrons. The Balaban J connectivity index is 2.32. The number of amides is 3. The molecule has 1 heterocycles. The van der Waals surface area contributed by atoms with Gasteiger partial charge in [0.1, 0.15) is 0 Å². The maximum Gasteiger partial charge on any atom is 0.324 e. The number of halogens is 1. The third kappa shape index (κ3) is 3.68. The SMILES string of the molecule is COC1CCN(C(=O)NC(=O)CCCl)C1. The van der Waals surface area contributed by atoms with E-state index in [1.54, 1.807) is 12.0 Å². The van der Waals surface area contributed by atoms with Crippen LogP contribution in [0.5, 0.6) is 0 Å². The number of rotatable bonds is 3. The van der Waals surface area contributed by atoms with E-state index >= 15 is 0 Å². The summed E-state index contributed by atoms with van der Waals surface area (Å²) in [4.78, 5) is 24.1. The van der Waals surface area contributed by atoms with E-state index in [4.69, 9.17) is 16.3 Å². The van der Waals surface area contributed by atoms with Crippen LogP contribution in [0.25, 0.3) is 0 Å². The minimum Gasteiger partial charge on any atom is -0.380 e. The number of nitrogens with one attached hydrogen (secondary N) is 1. The van der Waals surface area contributed by atoms with E-state index < -0.39 is 0 Å². The first-order valence-electron chi connectivity index (χ1n) is 4.85. The van der Waals surface area contributed by atoms with Crippen LogP contribution in [0.1, 0.15) is 12.8 Å². The summed E-state index contributed by atoms with van der Waals surface area (Å²) in [5.41, 5.74) is 0. The number of nitrogens with zero attached hydrogens (tertiary/aromatic N) is 1. The Bertz CT molecular complexity index is 248. The van der Waals surface area contributed by atoms with Gasteiger partial charge in [0.25, 0.3) is 0 Å². The smallest absolute Gasteiger partial charge is 0.324 e. The monoisotopic (exact) mass is 234 g/mol. The van der Waals surface area contributed by atoms with E-state index in [1.807, 2.05) is 0 Å². The third-order valence-corrected chi connectivity index (χ3v) is 2.52. The Morgan fingerprint density at radius 2 is 2.33 bits per heavy atom. The molecule has 0 aliphatic carbocycles. The molecule has 1 rings (SSSR count). The van der Waals surface area contributed by atoms with Crippen molar-refractivity contribution in [3.05, 3.63) is 0 Å². The Morgan fingerprint density at radius 3 is 2.87 bits per heavy atom. The lowest BCUT2D eigenvalue weighted by Gasteiger charge is -2.15. The second kappa shape index (κ2) is 5.92. The lowest BCUT2D eigenvalue weighted by Crippen LogP contribution is -2.42. The van der Waals surface area contributed by atoms with Gasteiger partial charge in [-0.15, -0.1) is 11.6 Å². The molecule has 6 heteroatoms. The minimum atomic E-state index is -0.357. The summed E-state index contributed by atoms with van der Waals surface area (Å²) in [6, 6.07) is -0.357. The normalized spacial score (nSPS) is 20.4. The molecule has 3 amide bonds. The van der Waals surface area contributed by atoms with Crippen molar-refractivity contribution in [2.75, 3.05) is 26.1 Å². The minimum absolute atomic E-state index is 0.0823. The van der Waals surface area contributed by atoms with Crippen molar-refractivity contribution in [1.82, 2.24) is 10.2 Å². The van der Waals surface area contributed by atoms with Crippen molar-refractivity contribution >= 4 is 23.5 Å². The maximum atomic E-state index is 11.5. The number of methoxy groups -OCH3 is 1. The number of hydrogen-bond donors (Lipinski definition) is 1. The van der Waals surface area contributed by atoms with Gasteiger partial charge in [0.15, 0.2) is 0 Å². The molecular weight excluding hydrogens is 220 g/mol. The van der Waals surface area contributed by atoms with Crippen LogP contribution in [-0.4, -0.2) is 49.0 Å². The lowest BCUT2D eigenvalue weighted by molar-refractivity contribution is -0.119. The standard InChI is InChI=1S/C9H15ClN2O3/c1-15-7-3-5-12(6-7)9(14)11-8(13)2-4-10/h7H,2-6H2,1H3,(H,11,13,14). The van der Waals surface area contributed by atoms with Crippen molar-refractivity contribution < 1.29 is 14.3 Å². The first-order valence-corrected chi connectivity index (χ1v) is 5.38. The first-order chi connectivity index (χ1) is 7.17. The van der Waals surface area contributed by atoms with Crippen LogP contribution in [0.4, 0.5) is 4.79 Å². The zero-order valence-corrected chi connectivity index (χ0v) is 9.42. The molecule has 0 bridgehead atoms. The Labute approximate surface area is 93.7 Å². The molecular formula is C9H15ClN2O3. The molecule has 1 saturated heterocycles. The summed E-state index contributed by atoms with van der Waals surface area (Å²) >= 11 is 5.38. The van der Waals surface area contributed by atoms with Crippen LogP contribution in [0, 0.1) is 0 Å². The number of carbonyl (C=O) groups is 2. The number of alkyl halides is 1. The number of hydrogen-bond acceptors (Lipinski definition) is 3. The molecule has 0 aromatic heterocycles. The zero-order valence-electron chi connectivity index (χ0n) is 8.66. The highest BCUT2D eigenvalue weighted by molar-refractivity contribution is 6.19. The average Bonchev–Trinajstić information content (AvgIpc) is 2.66. The van der Waals surface area contributed by atoms with Gasteiger partial charge in [0.2, 0.25) is 5.91 Å². The molecule has 0 spiro atoms. The molecule has 86 valence electrons. The molecule has 1 atom stereocenters. The Kier molecular flexibility index (Phi) is 4.84. The second-order valence-corrected chi connectivity index (χ2v) is 3.76. The molecule has 1 fully saturated rings. The molecule has 0 saturated carbocycles. The summed E-state index contributed by atoms with van der Waals surface area (Å²) in [5.74, 6) is -0.115. The van der Waals surface area contributed by atoms with E-state index in [2.05, 4.69) is 5.32 Å². The largest absolute Gasteiger partial charge is 0.380 e. The molecule has 0 aromatic rings. The molecule has 1 N–H and O–H groups in total. The number of urea groups is 1. The number of likely N-dealkylation sites (tertiary alicyclic amines) is 1. The second-order valence-electron chi connectivity index (χ2n) is 3.38. The highest BCUT2D eigenvalue weighted by atomic mass is 35.5. The van der Waals surface area contributed by atoms with Crippen molar-refractivity contribution in [2.45, 2.75) is 18.9 Å². The highest BCUT2D eigenvalue weighted by Gasteiger charge is 2.26. The number of ether oxygens (including phenoxy) is 1. The molecule has 0 aromatic carbocycles. The van der Waals surface area contributed by atoms with Crippen LogP contribution in [0.3, 0.4) is 0 Å². The summed E-state index contributed by atoms with van der Waals surface area (Å²) in [5, 5.41) is 2.28. The van der Waals surface area contributed by atoms with Crippen molar-refractivity contribution in [3.63, 3.8) is 0 Å². The average molecular weight is 235 g/mol. The van der Waals surface area contributed by atoms with Gasteiger partial charge in [-0.1, -0.05) is 0 Å². The van der Waals surface area contributed by atoms with Crippen molar-refractivity contribution in [2.24, 2.45) is 0 Å². The predicted octanol–water partition coefficient (Wildman–Crippen LogP) is 0.572. The van der Waals surface area contributed by atoms with E-state index in [-0.39, 0.29) is 30.3 Å². The quantitative estimate of drug-likeness (QED) is 0.727. The summed E-state index contributed by atoms with van der Waals surface area (Å²) in [6.07, 6.45) is 1.06. The van der Waals surface area contributed by atoms with E-state index in [1.165, 1.54) is 0 Å². The van der Waals surface area contributed by atoms with Crippen molar-refractivity contribution in [3.8, 4) is 0 Å². The van der Waals surface area contributed by atoms with Crippen LogP contribution in [0.2, 0.25) is 0 Å².